The molecule has 2 saturated heterocycles. The average Bonchev–Trinajstić information content (AvgIpc) is 3.47. The Labute approximate surface area is 175 Å². The van der Waals surface area contributed by atoms with Crippen LogP contribution in [-0.4, -0.2) is 67.2 Å². The molecule has 28 heavy (non-hydrogen) atoms. The van der Waals surface area contributed by atoms with Gasteiger partial charge in [0.05, 0.1) is 0 Å². The smallest absolute Gasteiger partial charge is 0.0256 e. The van der Waals surface area contributed by atoms with E-state index in [1.54, 1.807) is 0 Å². The van der Waals surface area contributed by atoms with Gasteiger partial charge in [-0.25, -0.2) is 5.01 Å². The van der Waals surface area contributed by atoms with Crippen LogP contribution in [0, 0.1) is 10.8 Å². The maximum Gasteiger partial charge on any atom is 0.0256 e. The summed E-state index contributed by atoms with van der Waals surface area (Å²) in [4.78, 5) is 5.47. The Hall–Kier alpha value is -0.160. The Morgan fingerprint density at radius 2 is 1.39 bits per heavy atom. The van der Waals surface area contributed by atoms with Crippen molar-refractivity contribution < 1.29 is 0 Å². The highest BCUT2D eigenvalue weighted by Crippen LogP contribution is 2.51. The summed E-state index contributed by atoms with van der Waals surface area (Å²) in [6.45, 7) is 14.7. The largest absolute Gasteiger partial charge is 0.303 e. The predicted octanol–water partition coefficient (Wildman–Crippen LogP) is 4.50. The zero-order valence-corrected chi connectivity index (χ0v) is 19.1. The van der Waals surface area contributed by atoms with Crippen molar-refractivity contribution in [3.8, 4) is 0 Å². The normalized spacial score (nSPS) is 26.2. The fraction of sp³-hybridized carbons (Fsp3) is 1.00. The van der Waals surface area contributed by atoms with Crippen molar-refractivity contribution in [2.24, 2.45) is 16.7 Å². The summed E-state index contributed by atoms with van der Waals surface area (Å²) in [5.74, 6) is 5.97. The fourth-order valence-corrected chi connectivity index (χ4v) is 6.06. The number of nitrogens with zero attached hydrogens (tertiary/aromatic N) is 3. The molecule has 0 aromatic heterocycles. The standard InChI is InChI=1S/C24H48N4/c1-3-8-23(10-5-6-15-26-16-7-17-28(25)21-20-26)13-18-27(19-14-23)22-24(9-4-2)11-12-24/h3-22,25H2,1-2H3. The molecular formula is C24H48N4. The Morgan fingerprint density at radius 3 is 2.07 bits per heavy atom. The lowest BCUT2D eigenvalue weighted by Gasteiger charge is -2.43. The van der Waals surface area contributed by atoms with E-state index in [4.69, 9.17) is 5.84 Å². The topological polar surface area (TPSA) is 35.7 Å². The highest BCUT2D eigenvalue weighted by molar-refractivity contribution is 4.97. The van der Waals surface area contributed by atoms with Crippen molar-refractivity contribution in [2.45, 2.75) is 90.9 Å². The maximum absolute atomic E-state index is 5.97. The van der Waals surface area contributed by atoms with Gasteiger partial charge < -0.3 is 9.80 Å². The van der Waals surface area contributed by atoms with Crippen molar-refractivity contribution >= 4 is 0 Å². The van der Waals surface area contributed by atoms with E-state index in [1.807, 2.05) is 5.01 Å². The van der Waals surface area contributed by atoms with Gasteiger partial charge in [0.2, 0.25) is 0 Å². The Morgan fingerprint density at radius 1 is 0.679 bits per heavy atom. The molecule has 3 aliphatic rings. The Kier molecular flexibility index (Phi) is 8.64. The number of likely N-dealkylation sites (tertiary alicyclic amines) is 1. The molecule has 0 atom stereocenters. The van der Waals surface area contributed by atoms with Crippen molar-refractivity contribution in [1.29, 1.82) is 0 Å². The quantitative estimate of drug-likeness (QED) is 0.415. The van der Waals surface area contributed by atoms with Gasteiger partial charge in [-0.3, -0.25) is 5.84 Å². The SMILES string of the molecule is CCCC1(CCCCN2CCCN(N)CC2)CCN(CC2(CCC)CC2)CC1. The van der Waals surface area contributed by atoms with Gasteiger partial charge in [0.25, 0.3) is 0 Å². The molecule has 2 heterocycles. The van der Waals surface area contributed by atoms with E-state index < -0.39 is 0 Å². The van der Waals surface area contributed by atoms with Gasteiger partial charge in [-0.1, -0.05) is 33.1 Å². The Balaban J connectivity index is 1.37. The van der Waals surface area contributed by atoms with Crippen LogP contribution in [0.4, 0.5) is 0 Å². The highest BCUT2D eigenvalue weighted by Gasteiger charge is 2.44. The third-order valence-corrected chi connectivity index (χ3v) is 8.05. The van der Waals surface area contributed by atoms with Crippen LogP contribution >= 0.6 is 0 Å². The molecule has 4 nitrogen and oxygen atoms in total. The van der Waals surface area contributed by atoms with Crippen LogP contribution in [-0.2, 0) is 0 Å². The number of piperidine rings is 1. The van der Waals surface area contributed by atoms with E-state index in [-0.39, 0.29) is 0 Å². The van der Waals surface area contributed by atoms with Crippen LogP contribution in [0.5, 0.6) is 0 Å². The molecule has 0 unspecified atom stereocenters. The minimum Gasteiger partial charge on any atom is -0.303 e. The summed E-state index contributed by atoms with van der Waals surface area (Å²) in [6, 6.07) is 0. The van der Waals surface area contributed by atoms with Crippen molar-refractivity contribution in [3.05, 3.63) is 0 Å². The second kappa shape index (κ2) is 10.7. The Bertz CT molecular complexity index is 440. The summed E-state index contributed by atoms with van der Waals surface area (Å²) < 4.78 is 0. The fourth-order valence-electron chi connectivity index (χ4n) is 6.06. The molecule has 164 valence electrons. The summed E-state index contributed by atoms with van der Waals surface area (Å²) in [6.07, 6.45) is 17.0. The lowest BCUT2D eigenvalue weighted by atomic mass is 9.71. The van der Waals surface area contributed by atoms with E-state index in [2.05, 4.69) is 23.6 Å². The van der Waals surface area contributed by atoms with Crippen molar-refractivity contribution in [1.82, 2.24) is 14.8 Å². The number of hydrazine groups is 1. The van der Waals surface area contributed by atoms with Crippen LogP contribution in [0.15, 0.2) is 0 Å². The molecule has 2 N–H and O–H groups in total. The number of hydrogen-bond acceptors (Lipinski definition) is 4. The number of unbranched alkanes of at least 4 members (excludes halogenated alkanes) is 1. The zero-order chi connectivity index (χ0) is 19.9. The molecule has 0 aromatic carbocycles. The van der Waals surface area contributed by atoms with Gasteiger partial charge in [0.1, 0.15) is 0 Å². The molecule has 0 bridgehead atoms. The third-order valence-electron chi connectivity index (χ3n) is 8.05. The first-order valence-electron chi connectivity index (χ1n) is 12.5. The van der Waals surface area contributed by atoms with Crippen LogP contribution in [0.1, 0.15) is 90.9 Å². The minimum atomic E-state index is 0.652. The summed E-state index contributed by atoms with van der Waals surface area (Å²) in [5.41, 5.74) is 1.38. The molecule has 0 amide bonds. The molecular weight excluding hydrogens is 344 g/mol. The number of nitrogens with two attached hydrogens (primary N) is 1. The van der Waals surface area contributed by atoms with Crippen molar-refractivity contribution in [3.63, 3.8) is 0 Å². The number of hydrogen-bond donors (Lipinski definition) is 1. The maximum atomic E-state index is 5.97. The molecule has 0 radical (unpaired) electrons. The third kappa shape index (κ3) is 6.68. The minimum absolute atomic E-state index is 0.652. The van der Waals surface area contributed by atoms with Gasteiger partial charge in [-0.15, -0.1) is 0 Å². The lowest BCUT2D eigenvalue weighted by molar-refractivity contribution is 0.0686. The van der Waals surface area contributed by atoms with Crippen LogP contribution in [0.3, 0.4) is 0 Å². The van der Waals surface area contributed by atoms with Crippen molar-refractivity contribution in [2.75, 3.05) is 52.4 Å². The van der Waals surface area contributed by atoms with Gasteiger partial charge in [-0.2, -0.15) is 0 Å². The first-order chi connectivity index (χ1) is 13.6. The second-order valence-corrected chi connectivity index (χ2v) is 10.5. The molecule has 0 aromatic rings. The van der Waals surface area contributed by atoms with E-state index in [0.29, 0.717) is 5.41 Å². The zero-order valence-electron chi connectivity index (χ0n) is 19.1. The monoisotopic (exact) mass is 392 g/mol. The molecule has 4 heteroatoms. The molecule has 3 fully saturated rings. The van der Waals surface area contributed by atoms with E-state index in [1.165, 1.54) is 110 Å². The van der Waals surface area contributed by atoms with Crippen LogP contribution in [0.2, 0.25) is 0 Å². The van der Waals surface area contributed by atoms with Gasteiger partial charge in [0.15, 0.2) is 0 Å². The molecule has 3 rings (SSSR count). The van der Waals surface area contributed by atoms with E-state index in [0.717, 1.165) is 25.0 Å². The van der Waals surface area contributed by atoms with Gasteiger partial charge in [0, 0.05) is 26.2 Å². The average molecular weight is 393 g/mol. The summed E-state index contributed by atoms with van der Waals surface area (Å²) in [7, 11) is 0. The predicted molar refractivity (Wildman–Crippen MR) is 120 cm³/mol. The highest BCUT2D eigenvalue weighted by atomic mass is 15.4. The van der Waals surface area contributed by atoms with Gasteiger partial charge in [-0.05, 0) is 94.8 Å². The summed E-state index contributed by atoms with van der Waals surface area (Å²) in [5, 5.41) is 2.00. The van der Waals surface area contributed by atoms with Crippen LogP contribution in [0.25, 0.3) is 0 Å². The molecule has 0 spiro atoms. The first kappa shape index (κ1) is 22.5. The molecule has 1 saturated carbocycles. The van der Waals surface area contributed by atoms with Crippen LogP contribution < -0.4 is 5.84 Å². The summed E-state index contributed by atoms with van der Waals surface area (Å²) >= 11 is 0. The first-order valence-corrected chi connectivity index (χ1v) is 12.5. The van der Waals surface area contributed by atoms with E-state index >= 15 is 0 Å². The van der Waals surface area contributed by atoms with E-state index in [9.17, 15) is 0 Å². The van der Waals surface area contributed by atoms with Gasteiger partial charge >= 0.3 is 0 Å². The second-order valence-electron chi connectivity index (χ2n) is 10.5. The molecule has 1 aliphatic carbocycles. The molecule has 2 aliphatic heterocycles. The lowest BCUT2D eigenvalue weighted by Crippen LogP contribution is -2.42. The number of rotatable bonds is 11.